The van der Waals surface area contributed by atoms with Gasteiger partial charge in [-0.3, -0.25) is 4.18 Å². The Labute approximate surface area is 162 Å². The highest BCUT2D eigenvalue weighted by Gasteiger charge is 2.52. The van der Waals surface area contributed by atoms with Crippen molar-refractivity contribution in [2.24, 2.45) is 0 Å². The maximum atomic E-state index is 12.7. The summed E-state index contributed by atoms with van der Waals surface area (Å²) in [4.78, 5) is 14.6. The lowest BCUT2D eigenvalue weighted by Crippen LogP contribution is -2.54. The molecule has 7 heteroatoms. The van der Waals surface area contributed by atoms with E-state index in [-0.39, 0.29) is 24.8 Å². The van der Waals surface area contributed by atoms with Gasteiger partial charge in [-0.05, 0) is 52.0 Å². The Balaban J connectivity index is 1.87. The van der Waals surface area contributed by atoms with Crippen molar-refractivity contribution in [2.45, 2.75) is 69.6 Å². The molecule has 0 radical (unpaired) electrons. The van der Waals surface area contributed by atoms with E-state index in [2.05, 4.69) is 0 Å². The smallest absolute Gasteiger partial charge is 0.410 e. The molecule has 2 fully saturated rings. The van der Waals surface area contributed by atoms with Crippen LogP contribution in [0.1, 0.15) is 52.0 Å². The summed E-state index contributed by atoms with van der Waals surface area (Å²) in [6, 6.07) is 9.96. The molecular formula is C20H29NO5S. The second kappa shape index (κ2) is 7.09. The first-order valence-corrected chi connectivity index (χ1v) is 11.2. The fourth-order valence-electron chi connectivity index (χ4n) is 4.41. The second-order valence-electron chi connectivity index (χ2n) is 8.79. The van der Waals surface area contributed by atoms with Gasteiger partial charge in [0.25, 0.3) is 10.1 Å². The number of nitrogens with zero attached hydrogens (tertiary/aromatic N) is 1. The van der Waals surface area contributed by atoms with Crippen LogP contribution in [0.25, 0.3) is 0 Å². The summed E-state index contributed by atoms with van der Waals surface area (Å²) < 4.78 is 34.2. The molecule has 2 aliphatic heterocycles. The maximum Gasteiger partial charge on any atom is 0.410 e. The van der Waals surface area contributed by atoms with E-state index in [0.29, 0.717) is 12.8 Å². The summed E-state index contributed by atoms with van der Waals surface area (Å²) in [6.07, 6.45) is 3.94. The second-order valence-corrected chi connectivity index (χ2v) is 10.4. The number of piperidine rings is 1. The first-order chi connectivity index (χ1) is 12.5. The lowest BCUT2D eigenvalue weighted by molar-refractivity contribution is -0.00603. The molecule has 6 nitrogen and oxygen atoms in total. The molecule has 0 aliphatic carbocycles. The fourth-order valence-corrected chi connectivity index (χ4v) is 4.85. The Hall–Kier alpha value is -1.60. The van der Waals surface area contributed by atoms with E-state index in [9.17, 15) is 13.2 Å². The Bertz CT molecular complexity index is 770. The maximum absolute atomic E-state index is 12.7. The Morgan fingerprint density at radius 1 is 1.15 bits per heavy atom. The fraction of sp³-hybridized carbons (Fsp3) is 0.650. The van der Waals surface area contributed by atoms with Crippen molar-refractivity contribution < 1.29 is 22.1 Å². The molecule has 1 aromatic carbocycles. The van der Waals surface area contributed by atoms with Crippen LogP contribution in [0.3, 0.4) is 0 Å². The summed E-state index contributed by atoms with van der Waals surface area (Å²) in [5, 5.41) is 0. The zero-order valence-corrected chi connectivity index (χ0v) is 17.3. The van der Waals surface area contributed by atoms with Gasteiger partial charge in [-0.15, -0.1) is 0 Å². The molecule has 0 aromatic heterocycles. The van der Waals surface area contributed by atoms with Crippen LogP contribution in [0.15, 0.2) is 30.3 Å². The topological polar surface area (TPSA) is 72.9 Å². The predicted molar refractivity (Wildman–Crippen MR) is 103 cm³/mol. The molecule has 2 aliphatic rings. The van der Waals surface area contributed by atoms with Crippen LogP contribution in [0.2, 0.25) is 0 Å². The molecule has 150 valence electrons. The Morgan fingerprint density at radius 2 is 1.70 bits per heavy atom. The Morgan fingerprint density at radius 3 is 2.19 bits per heavy atom. The van der Waals surface area contributed by atoms with E-state index >= 15 is 0 Å². The minimum absolute atomic E-state index is 0.0296. The third kappa shape index (κ3) is 4.63. The molecule has 3 rings (SSSR count). The molecule has 1 amide bonds. The highest BCUT2D eigenvalue weighted by Crippen LogP contribution is 2.48. The van der Waals surface area contributed by atoms with Gasteiger partial charge in [0.05, 0.1) is 12.9 Å². The molecule has 2 atom stereocenters. The summed E-state index contributed by atoms with van der Waals surface area (Å²) in [6.45, 7) is 5.70. The van der Waals surface area contributed by atoms with Gasteiger partial charge in [0.1, 0.15) is 5.60 Å². The third-order valence-corrected chi connectivity index (χ3v) is 5.96. The standard InChI is InChI=1S/C20H29NO5S/c1-19(2,3)26-18(22)21-16-10-11-17(21)13-20(12-16,14-25-27(4,23)24)15-8-6-5-7-9-15/h5-9,16-17H,10-14H2,1-4H3. The lowest BCUT2D eigenvalue weighted by Gasteiger charge is -2.46. The highest BCUT2D eigenvalue weighted by atomic mass is 32.2. The first kappa shape index (κ1) is 20.1. The van der Waals surface area contributed by atoms with E-state index in [1.807, 2.05) is 56.0 Å². The van der Waals surface area contributed by atoms with Crippen LogP contribution < -0.4 is 0 Å². The quantitative estimate of drug-likeness (QED) is 0.730. The third-order valence-electron chi connectivity index (χ3n) is 5.41. The van der Waals surface area contributed by atoms with Gasteiger partial charge < -0.3 is 9.64 Å². The number of fused-ring (bicyclic) bond motifs is 2. The van der Waals surface area contributed by atoms with E-state index in [4.69, 9.17) is 8.92 Å². The molecule has 0 saturated carbocycles. The van der Waals surface area contributed by atoms with Crippen molar-refractivity contribution >= 4 is 16.2 Å². The number of ether oxygens (including phenoxy) is 1. The van der Waals surface area contributed by atoms with E-state index in [1.54, 1.807) is 0 Å². The molecule has 27 heavy (non-hydrogen) atoms. The molecule has 2 bridgehead atoms. The van der Waals surface area contributed by atoms with Gasteiger partial charge in [-0.25, -0.2) is 4.79 Å². The van der Waals surface area contributed by atoms with Crippen LogP contribution in [-0.4, -0.2) is 50.0 Å². The zero-order chi connectivity index (χ0) is 19.9. The van der Waals surface area contributed by atoms with Crippen LogP contribution in [0, 0.1) is 0 Å². The van der Waals surface area contributed by atoms with Gasteiger partial charge in [-0.1, -0.05) is 30.3 Å². The van der Waals surface area contributed by atoms with E-state index in [1.165, 1.54) is 0 Å². The largest absolute Gasteiger partial charge is 0.444 e. The number of carbonyl (C=O) groups excluding carboxylic acids is 1. The number of hydrogen-bond donors (Lipinski definition) is 0. The molecular weight excluding hydrogens is 366 g/mol. The SMILES string of the molecule is CC(C)(C)OC(=O)N1C2CCC1CC(COS(C)(=O)=O)(c1ccccc1)C2. The van der Waals surface area contributed by atoms with Gasteiger partial charge in [-0.2, -0.15) is 8.42 Å². The number of amides is 1. The summed E-state index contributed by atoms with van der Waals surface area (Å²) >= 11 is 0. The van der Waals surface area contributed by atoms with Gasteiger partial charge >= 0.3 is 6.09 Å². The van der Waals surface area contributed by atoms with Crippen molar-refractivity contribution in [1.29, 1.82) is 0 Å². The van der Waals surface area contributed by atoms with Crippen LogP contribution in [0.4, 0.5) is 4.79 Å². The zero-order valence-electron chi connectivity index (χ0n) is 16.5. The van der Waals surface area contributed by atoms with Gasteiger partial charge in [0.15, 0.2) is 0 Å². The average molecular weight is 396 g/mol. The highest BCUT2D eigenvalue weighted by molar-refractivity contribution is 7.85. The summed E-state index contributed by atoms with van der Waals surface area (Å²) in [5.41, 5.74) is 0.105. The monoisotopic (exact) mass is 395 g/mol. The number of rotatable bonds is 4. The number of hydrogen-bond acceptors (Lipinski definition) is 5. The molecule has 0 N–H and O–H groups in total. The molecule has 2 saturated heterocycles. The summed E-state index contributed by atoms with van der Waals surface area (Å²) in [7, 11) is -3.54. The van der Waals surface area contributed by atoms with Gasteiger partial charge in [0, 0.05) is 17.5 Å². The Kier molecular flexibility index (Phi) is 5.29. The minimum Gasteiger partial charge on any atom is -0.444 e. The first-order valence-electron chi connectivity index (χ1n) is 9.40. The van der Waals surface area contributed by atoms with E-state index in [0.717, 1.165) is 24.7 Å². The molecule has 1 aromatic rings. The van der Waals surface area contributed by atoms with Crippen LogP contribution in [0.5, 0.6) is 0 Å². The van der Waals surface area contributed by atoms with E-state index < -0.39 is 21.1 Å². The molecule has 2 heterocycles. The lowest BCUT2D eigenvalue weighted by atomic mass is 9.70. The van der Waals surface area contributed by atoms with Crippen molar-refractivity contribution in [3.05, 3.63) is 35.9 Å². The van der Waals surface area contributed by atoms with Crippen LogP contribution >= 0.6 is 0 Å². The normalized spacial score (nSPS) is 28.2. The van der Waals surface area contributed by atoms with Crippen molar-refractivity contribution in [3.8, 4) is 0 Å². The molecule has 2 unspecified atom stereocenters. The van der Waals surface area contributed by atoms with Crippen molar-refractivity contribution in [1.82, 2.24) is 4.90 Å². The van der Waals surface area contributed by atoms with Gasteiger partial charge in [0.2, 0.25) is 0 Å². The minimum atomic E-state index is -3.54. The predicted octanol–water partition coefficient (Wildman–Crippen LogP) is 3.46. The van der Waals surface area contributed by atoms with Crippen molar-refractivity contribution in [2.75, 3.05) is 12.9 Å². The summed E-state index contributed by atoms with van der Waals surface area (Å²) in [5.74, 6) is 0. The average Bonchev–Trinajstić information content (AvgIpc) is 2.83. The molecule has 0 spiro atoms. The van der Waals surface area contributed by atoms with Crippen molar-refractivity contribution in [3.63, 3.8) is 0 Å². The number of benzene rings is 1. The van der Waals surface area contributed by atoms with Crippen LogP contribution in [-0.2, 0) is 24.5 Å². The number of carbonyl (C=O) groups is 1.